The molecule has 0 saturated carbocycles. The second kappa shape index (κ2) is 5.23. The van der Waals surface area contributed by atoms with E-state index >= 15 is 0 Å². The Balaban J connectivity index is 3.11. The van der Waals surface area contributed by atoms with Crippen LogP contribution in [0.2, 0.25) is 0 Å². The van der Waals surface area contributed by atoms with Crippen molar-refractivity contribution in [3.63, 3.8) is 0 Å². The van der Waals surface area contributed by atoms with Gasteiger partial charge in [-0.15, -0.1) is 0 Å². The molecular formula is C11H15F2NO2. The number of nitrogens with one attached hydrogen (secondary N) is 1. The van der Waals surface area contributed by atoms with Gasteiger partial charge in [0.2, 0.25) is 0 Å². The Kier molecular flexibility index (Phi) is 4.20. The Morgan fingerprint density at radius 2 is 2.00 bits per heavy atom. The predicted octanol–water partition coefficient (Wildman–Crippen LogP) is 2.46. The number of hydroxylamine groups is 1. The van der Waals surface area contributed by atoms with Crippen molar-refractivity contribution in [3.8, 4) is 5.75 Å². The molecule has 5 heteroatoms. The first-order valence-corrected chi connectivity index (χ1v) is 4.80. The third-order valence-electron chi connectivity index (χ3n) is 2.18. The van der Waals surface area contributed by atoms with Crippen LogP contribution < -0.4 is 10.2 Å². The Hall–Kier alpha value is -1.20. The van der Waals surface area contributed by atoms with Gasteiger partial charge < -0.3 is 9.57 Å². The van der Waals surface area contributed by atoms with Gasteiger partial charge in [0, 0.05) is 19.0 Å². The van der Waals surface area contributed by atoms with Crippen LogP contribution in [0.4, 0.5) is 8.78 Å². The highest BCUT2D eigenvalue weighted by molar-refractivity contribution is 5.43. The molecule has 0 amide bonds. The normalized spacial score (nSPS) is 11.6. The number of alkyl halides is 2. The highest BCUT2D eigenvalue weighted by Crippen LogP contribution is 2.36. The van der Waals surface area contributed by atoms with Crippen molar-refractivity contribution in [2.75, 3.05) is 14.2 Å². The minimum absolute atomic E-state index is 0.120. The highest BCUT2D eigenvalue weighted by Gasteiger charge is 2.29. The Morgan fingerprint density at radius 3 is 2.50 bits per heavy atom. The van der Waals surface area contributed by atoms with Crippen molar-refractivity contribution in [2.24, 2.45) is 0 Å². The van der Waals surface area contributed by atoms with Gasteiger partial charge in [-0.05, 0) is 6.07 Å². The summed E-state index contributed by atoms with van der Waals surface area (Å²) in [5, 5.41) is 0. The van der Waals surface area contributed by atoms with Crippen LogP contribution in [-0.4, -0.2) is 14.2 Å². The van der Waals surface area contributed by atoms with E-state index in [1.165, 1.54) is 20.3 Å². The van der Waals surface area contributed by atoms with E-state index in [9.17, 15) is 8.78 Å². The second-order valence-electron chi connectivity index (χ2n) is 3.41. The molecule has 0 bridgehead atoms. The molecule has 0 unspecified atom stereocenters. The van der Waals surface area contributed by atoms with Crippen molar-refractivity contribution in [3.05, 3.63) is 29.3 Å². The number of para-hydroxylation sites is 1. The predicted molar refractivity (Wildman–Crippen MR) is 56.4 cm³/mol. The van der Waals surface area contributed by atoms with Gasteiger partial charge >= 0.3 is 0 Å². The summed E-state index contributed by atoms with van der Waals surface area (Å²) in [5.74, 6) is -2.73. The smallest absolute Gasteiger partial charge is 0.274 e. The van der Waals surface area contributed by atoms with Gasteiger partial charge in [0.25, 0.3) is 5.92 Å². The van der Waals surface area contributed by atoms with E-state index in [0.717, 1.165) is 6.92 Å². The standard InChI is InChI=1S/C11H15F2NO2/c1-11(12,13)9-6-4-5-8(7-14-16-3)10(9)15-2/h4-6,14H,7H2,1-3H3. The molecule has 0 aliphatic heterocycles. The summed E-state index contributed by atoms with van der Waals surface area (Å²) in [4.78, 5) is 4.68. The number of benzene rings is 1. The zero-order valence-electron chi connectivity index (χ0n) is 9.51. The van der Waals surface area contributed by atoms with E-state index < -0.39 is 5.92 Å². The molecule has 1 rings (SSSR count). The molecule has 0 aliphatic rings. The van der Waals surface area contributed by atoms with Crippen molar-refractivity contribution in [1.29, 1.82) is 0 Å². The van der Waals surface area contributed by atoms with Crippen LogP contribution in [0.5, 0.6) is 5.75 Å². The SMILES string of the molecule is CONCc1cccc(C(C)(F)F)c1OC. The summed E-state index contributed by atoms with van der Waals surface area (Å²) in [6.45, 7) is 1.15. The first kappa shape index (κ1) is 12.9. The molecule has 90 valence electrons. The van der Waals surface area contributed by atoms with E-state index in [1.54, 1.807) is 12.1 Å². The van der Waals surface area contributed by atoms with E-state index in [4.69, 9.17) is 4.74 Å². The monoisotopic (exact) mass is 231 g/mol. The fourth-order valence-electron chi connectivity index (χ4n) is 1.46. The minimum atomic E-state index is -2.92. The average Bonchev–Trinajstić information content (AvgIpc) is 2.24. The molecule has 0 aromatic heterocycles. The topological polar surface area (TPSA) is 30.5 Å². The zero-order chi connectivity index (χ0) is 12.2. The molecular weight excluding hydrogens is 216 g/mol. The van der Waals surface area contributed by atoms with Crippen LogP contribution in [0.3, 0.4) is 0 Å². The van der Waals surface area contributed by atoms with Gasteiger partial charge in [-0.25, -0.2) is 8.78 Å². The lowest BCUT2D eigenvalue weighted by Gasteiger charge is -2.17. The van der Waals surface area contributed by atoms with Crippen molar-refractivity contribution < 1.29 is 18.4 Å². The largest absolute Gasteiger partial charge is 0.496 e. The van der Waals surface area contributed by atoms with Gasteiger partial charge in [-0.2, -0.15) is 5.48 Å². The van der Waals surface area contributed by atoms with E-state index in [-0.39, 0.29) is 11.3 Å². The molecule has 0 radical (unpaired) electrons. The maximum atomic E-state index is 13.3. The average molecular weight is 231 g/mol. The third-order valence-corrected chi connectivity index (χ3v) is 2.18. The zero-order valence-corrected chi connectivity index (χ0v) is 9.51. The van der Waals surface area contributed by atoms with Gasteiger partial charge in [-0.3, -0.25) is 0 Å². The summed E-state index contributed by atoms with van der Waals surface area (Å²) in [6.07, 6.45) is 0. The minimum Gasteiger partial charge on any atom is -0.496 e. The van der Waals surface area contributed by atoms with E-state index in [1.807, 2.05) is 0 Å². The third kappa shape index (κ3) is 2.90. The van der Waals surface area contributed by atoms with Crippen LogP contribution in [0, 0.1) is 0 Å². The second-order valence-corrected chi connectivity index (χ2v) is 3.41. The van der Waals surface area contributed by atoms with Gasteiger partial charge in [0.15, 0.2) is 0 Å². The summed E-state index contributed by atoms with van der Waals surface area (Å²) >= 11 is 0. The number of hydrogen-bond donors (Lipinski definition) is 1. The van der Waals surface area contributed by atoms with Gasteiger partial charge in [0.05, 0.1) is 19.8 Å². The summed E-state index contributed by atoms with van der Waals surface area (Å²) in [7, 11) is 2.84. The molecule has 0 saturated heterocycles. The molecule has 1 N–H and O–H groups in total. The van der Waals surface area contributed by atoms with Crippen molar-refractivity contribution >= 4 is 0 Å². The highest BCUT2D eigenvalue weighted by atomic mass is 19.3. The lowest BCUT2D eigenvalue weighted by Crippen LogP contribution is -2.15. The van der Waals surface area contributed by atoms with Crippen LogP contribution in [0.25, 0.3) is 0 Å². The summed E-state index contributed by atoms with van der Waals surface area (Å²) in [5.41, 5.74) is 3.10. The molecule has 0 spiro atoms. The fraction of sp³-hybridized carbons (Fsp3) is 0.455. The lowest BCUT2D eigenvalue weighted by molar-refractivity contribution is 0.0147. The molecule has 1 aromatic rings. The Bertz CT molecular complexity index is 350. The van der Waals surface area contributed by atoms with Gasteiger partial charge in [0.1, 0.15) is 5.75 Å². The quantitative estimate of drug-likeness (QED) is 0.789. The number of halogens is 2. The number of ether oxygens (including phenoxy) is 1. The van der Waals surface area contributed by atoms with Crippen LogP contribution in [-0.2, 0) is 17.3 Å². The molecule has 0 atom stereocenters. The number of rotatable bonds is 5. The molecule has 0 heterocycles. The van der Waals surface area contributed by atoms with Crippen molar-refractivity contribution in [2.45, 2.75) is 19.4 Å². The number of methoxy groups -OCH3 is 1. The molecule has 0 aliphatic carbocycles. The van der Waals surface area contributed by atoms with Crippen molar-refractivity contribution in [1.82, 2.24) is 5.48 Å². The molecule has 3 nitrogen and oxygen atoms in total. The van der Waals surface area contributed by atoms with Gasteiger partial charge in [-0.1, -0.05) is 12.1 Å². The Morgan fingerprint density at radius 1 is 1.31 bits per heavy atom. The summed E-state index contributed by atoms with van der Waals surface area (Å²) < 4.78 is 31.6. The number of hydrogen-bond acceptors (Lipinski definition) is 3. The molecule has 1 aromatic carbocycles. The van der Waals surface area contributed by atoms with Crippen LogP contribution >= 0.6 is 0 Å². The first-order chi connectivity index (χ1) is 7.50. The molecule has 0 fully saturated rings. The van der Waals surface area contributed by atoms with E-state index in [0.29, 0.717) is 12.1 Å². The maximum Gasteiger partial charge on any atom is 0.274 e. The lowest BCUT2D eigenvalue weighted by atomic mass is 10.0. The molecule has 16 heavy (non-hydrogen) atoms. The van der Waals surface area contributed by atoms with Crippen LogP contribution in [0.1, 0.15) is 18.1 Å². The first-order valence-electron chi connectivity index (χ1n) is 4.80. The van der Waals surface area contributed by atoms with E-state index in [2.05, 4.69) is 10.3 Å². The Labute approximate surface area is 93.3 Å². The van der Waals surface area contributed by atoms with Crippen LogP contribution in [0.15, 0.2) is 18.2 Å². The summed E-state index contributed by atoms with van der Waals surface area (Å²) in [6, 6.07) is 4.64. The maximum absolute atomic E-state index is 13.3. The fourth-order valence-corrected chi connectivity index (χ4v) is 1.46.